The second-order valence-corrected chi connectivity index (χ2v) is 8.04. The van der Waals surface area contributed by atoms with Crippen molar-refractivity contribution in [1.29, 1.82) is 0 Å². The van der Waals surface area contributed by atoms with Crippen LogP contribution in [0, 0.1) is 11.6 Å². The van der Waals surface area contributed by atoms with Crippen molar-refractivity contribution in [3.8, 4) is 0 Å². The molecule has 0 aromatic heterocycles. The van der Waals surface area contributed by atoms with Gasteiger partial charge in [-0.1, -0.05) is 0 Å². The van der Waals surface area contributed by atoms with E-state index in [2.05, 4.69) is 5.32 Å². The fourth-order valence-corrected chi connectivity index (χ4v) is 3.64. The van der Waals surface area contributed by atoms with Crippen LogP contribution in [-0.4, -0.2) is 48.8 Å². The predicted molar refractivity (Wildman–Crippen MR) is 96.4 cm³/mol. The number of nitrogens with one attached hydrogen (secondary N) is 1. The highest BCUT2D eigenvalue weighted by Gasteiger charge is 2.33. The molecule has 1 fully saturated rings. The number of amides is 1. The highest BCUT2D eigenvalue weighted by atomic mass is 19.2. The fraction of sp³-hybridized carbons (Fsp3) is 0.632. The normalized spacial score (nSPS) is 20.8. The van der Waals surface area contributed by atoms with Crippen LogP contribution in [0.4, 0.5) is 19.3 Å². The lowest BCUT2D eigenvalue weighted by atomic mass is 9.97. The van der Waals surface area contributed by atoms with Crippen LogP contribution >= 0.6 is 0 Å². The molecule has 0 saturated carbocycles. The standard InChI is InChI=1S/C19H27F2N3O2/c1-12-11-23(7-8-24(12)18(25)26-19(2,3)4)16-9-15(20)17(21)13-5-6-22-10-14(13)16/h9,12,22H,5-8,10-11H2,1-4H3/t12-/m1/s1. The van der Waals surface area contributed by atoms with Crippen LogP contribution in [0.3, 0.4) is 0 Å². The number of ether oxygens (including phenoxy) is 1. The molecule has 1 atom stereocenters. The Hall–Kier alpha value is -1.89. The number of carbonyl (C=O) groups excluding carboxylic acids is 1. The third-order valence-electron chi connectivity index (χ3n) is 4.86. The van der Waals surface area contributed by atoms with Gasteiger partial charge >= 0.3 is 6.09 Å². The van der Waals surface area contributed by atoms with E-state index in [9.17, 15) is 13.6 Å². The third-order valence-corrected chi connectivity index (χ3v) is 4.86. The van der Waals surface area contributed by atoms with Crippen LogP contribution in [0.2, 0.25) is 0 Å². The van der Waals surface area contributed by atoms with Crippen molar-refractivity contribution in [2.45, 2.75) is 52.3 Å². The van der Waals surface area contributed by atoms with Gasteiger partial charge in [-0.25, -0.2) is 13.6 Å². The molecule has 26 heavy (non-hydrogen) atoms. The molecule has 1 aromatic rings. The van der Waals surface area contributed by atoms with E-state index < -0.39 is 17.2 Å². The summed E-state index contributed by atoms with van der Waals surface area (Å²) < 4.78 is 33.7. The Morgan fingerprint density at radius 1 is 1.27 bits per heavy atom. The maximum absolute atomic E-state index is 14.1. The summed E-state index contributed by atoms with van der Waals surface area (Å²) in [5.41, 5.74) is 1.48. The lowest BCUT2D eigenvalue weighted by Crippen LogP contribution is -2.55. The van der Waals surface area contributed by atoms with Gasteiger partial charge in [0.1, 0.15) is 5.60 Å². The summed E-state index contributed by atoms with van der Waals surface area (Å²) in [6.07, 6.45) is 0.151. The van der Waals surface area contributed by atoms with Gasteiger partial charge < -0.3 is 19.9 Å². The molecular weight excluding hydrogens is 340 g/mol. The van der Waals surface area contributed by atoms with Gasteiger partial charge in [0.25, 0.3) is 0 Å². The minimum atomic E-state index is -0.803. The SMILES string of the molecule is C[C@@H]1CN(c2cc(F)c(F)c3c2CNCC3)CCN1C(=O)OC(C)(C)C. The van der Waals surface area contributed by atoms with Gasteiger partial charge in [0.15, 0.2) is 11.6 Å². The van der Waals surface area contributed by atoms with Crippen LogP contribution < -0.4 is 10.2 Å². The minimum Gasteiger partial charge on any atom is -0.444 e. The molecule has 0 radical (unpaired) electrons. The Labute approximate surface area is 153 Å². The monoisotopic (exact) mass is 367 g/mol. The molecule has 2 heterocycles. The largest absolute Gasteiger partial charge is 0.444 e. The van der Waals surface area contributed by atoms with Gasteiger partial charge in [-0.15, -0.1) is 0 Å². The lowest BCUT2D eigenvalue weighted by Gasteiger charge is -2.42. The van der Waals surface area contributed by atoms with Crippen LogP contribution in [0.15, 0.2) is 6.07 Å². The van der Waals surface area contributed by atoms with Crippen LogP contribution in [0.5, 0.6) is 0 Å². The first-order chi connectivity index (χ1) is 12.2. The van der Waals surface area contributed by atoms with Gasteiger partial charge in [0.05, 0.1) is 0 Å². The smallest absolute Gasteiger partial charge is 0.410 e. The molecule has 1 N–H and O–H groups in total. The maximum Gasteiger partial charge on any atom is 0.410 e. The number of benzene rings is 1. The molecule has 1 amide bonds. The van der Waals surface area contributed by atoms with Crippen molar-refractivity contribution in [3.05, 3.63) is 28.8 Å². The van der Waals surface area contributed by atoms with Crippen molar-refractivity contribution in [3.63, 3.8) is 0 Å². The molecule has 5 nitrogen and oxygen atoms in total. The zero-order chi connectivity index (χ0) is 19.1. The van der Waals surface area contributed by atoms with E-state index in [1.54, 1.807) is 4.90 Å². The molecule has 1 saturated heterocycles. The Bertz CT molecular complexity index is 703. The number of fused-ring (bicyclic) bond motifs is 1. The van der Waals surface area contributed by atoms with E-state index in [1.165, 1.54) is 6.07 Å². The first kappa shape index (κ1) is 18.9. The molecule has 0 aliphatic carbocycles. The van der Waals surface area contributed by atoms with Crippen LogP contribution in [0.1, 0.15) is 38.8 Å². The zero-order valence-electron chi connectivity index (χ0n) is 15.9. The topological polar surface area (TPSA) is 44.8 Å². The van der Waals surface area contributed by atoms with Crippen molar-refractivity contribution in [2.24, 2.45) is 0 Å². The zero-order valence-corrected chi connectivity index (χ0v) is 15.9. The van der Waals surface area contributed by atoms with Crippen molar-refractivity contribution in [2.75, 3.05) is 31.1 Å². The summed E-state index contributed by atoms with van der Waals surface area (Å²) in [4.78, 5) is 16.1. The average molecular weight is 367 g/mol. The summed E-state index contributed by atoms with van der Waals surface area (Å²) in [6.45, 7) is 10.2. The Balaban J connectivity index is 1.79. The predicted octanol–water partition coefficient (Wildman–Crippen LogP) is 3.06. The van der Waals surface area contributed by atoms with Gasteiger partial charge in [-0.3, -0.25) is 0 Å². The molecule has 1 aromatic carbocycles. The number of rotatable bonds is 1. The minimum absolute atomic E-state index is 0.0843. The van der Waals surface area contributed by atoms with E-state index in [-0.39, 0.29) is 12.1 Å². The second-order valence-electron chi connectivity index (χ2n) is 8.04. The highest BCUT2D eigenvalue weighted by Crippen LogP contribution is 2.32. The van der Waals surface area contributed by atoms with Crippen molar-refractivity contribution >= 4 is 11.8 Å². The summed E-state index contributed by atoms with van der Waals surface area (Å²) >= 11 is 0. The van der Waals surface area contributed by atoms with E-state index in [0.717, 1.165) is 11.3 Å². The number of hydrogen-bond acceptors (Lipinski definition) is 4. The van der Waals surface area contributed by atoms with Crippen molar-refractivity contribution < 1.29 is 18.3 Å². The number of hydrogen-bond donors (Lipinski definition) is 1. The Morgan fingerprint density at radius 3 is 2.65 bits per heavy atom. The molecule has 144 valence electrons. The number of carbonyl (C=O) groups is 1. The summed E-state index contributed by atoms with van der Waals surface area (Å²) in [7, 11) is 0. The average Bonchev–Trinajstić information content (AvgIpc) is 2.56. The third kappa shape index (κ3) is 3.77. The number of anilines is 1. The first-order valence-corrected chi connectivity index (χ1v) is 9.12. The molecule has 2 aliphatic heterocycles. The summed E-state index contributed by atoms with van der Waals surface area (Å²) in [6, 6.07) is 1.20. The van der Waals surface area contributed by atoms with E-state index in [0.29, 0.717) is 44.7 Å². The van der Waals surface area contributed by atoms with Gasteiger partial charge in [0, 0.05) is 44.0 Å². The molecule has 0 spiro atoms. The molecule has 3 rings (SSSR count). The highest BCUT2D eigenvalue weighted by molar-refractivity contribution is 5.69. The molecule has 7 heteroatoms. The van der Waals surface area contributed by atoms with E-state index in [1.807, 2.05) is 32.6 Å². The number of halogens is 2. The maximum atomic E-state index is 14.1. The number of piperazine rings is 1. The summed E-state index contributed by atoms with van der Waals surface area (Å²) in [5, 5.41) is 3.23. The van der Waals surface area contributed by atoms with Crippen LogP contribution in [0.25, 0.3) is 0 Å². The molecule has 2 aliphatic rings. The van der Waals surface area contributed by atoms with E-state index >= 15 is 0 Å². The lowest BCUT2D eigenvalue weighted by molar-refractivity contribution is 0.0159. The first-order valence-electron chi connectivity index (χ1n) is 9.12. The fourth-order valence-electron chi connectivity index (χ4n) is 3.64. The van der Waals surface area contributed by atoms with Crippen LogP contribution in [-0.2, 0) is 17.7 Å². The molecule has 0 bridgehead atoms. The number of nitrogens with zero attached hydrogens (tertiary/aromatic N) is 2. The van der Waals surface area contributed by atoms with E-state index in [4.69, 9.17) is 4.74 Å². The van der Waals surface area contributed by atoms with Gasteiger partial charge in [0.2, 0.25) is 0 Å². The Kier molecular flexibility index (Phi) is 5.10. The Morgan fingerprint density at radius 2 is 2.00 bits per heavy atom. The summed E-state index contributed by atoms with van der Waals surface area (Å²) in [5.74, 6) is -1.53. The second kappa shape index (κ2) is 7.02. The van der Waals surface area contributed by atoms with Gasteiger partial charge in [-0.2, -0.15) is 0 Å². The van der Waals surface area contributed by atoms with Crippen molar-refractivity contribution in [1.82, 2.24) is 10.2 Å². The van der Waals surface area contributed by atoms with Gasteiger partial charge in [-0.05, 0) is 51.8 Å². The molecular formula is C19H27F2N3O2. The molecule has 0 unspecified atom stereocenters. The quantitative estimate of drug-likeness (QED) is 0.829.